The second-order valence-electron chi connectivity index (χ2n) is 4.01. The normalized spacial score (nSPS) is 17.6. The van der Waals surface area contributed by atoms with Crippen LogP contribution in [0.5, 0.6) is 0 Å². The highest BCUT2D eigenvalue weighted by Crippen LogP contribution is 2.35. The molecular weight excluding hydrogens is 264 g/mol. The molecule has 1 aliphatic rings. The third-order valence-corrected chi connectivity index (χ3v) is 3.17. The van der Waals surface area contributed by atoms with Gasteiger partial charge >= 0.3 is 0 Å². The maximum Gasteiger partial charge on any atom is 0.150 e. The SMILES string of the molecule is CC(Nc1c(F)cc(Br)cc1F)C1CC1. The smallest absolute Gasteiger partial charge is 0.150 e. The average molecular weight is 276 g/mol. The van der Waals surface area contributed by atoms with Crippen molar-refractivity contribution >= 4 is 21.6 Å². The largest absolute Gasteiger partial charge is 0.378 e. The molecule has 0 amide bonds. The zero-order valence-corrected chi connectivity index (χ0v) is 9.94. The lowest BCUT2D eigenvalue weighted by Gasteiger charge is -2.15. The van der Waals surface area contributed by atoms with Gasteiger partial charge in [-0.05, 0) is 37.8 Å². The van der Waals surface area contributed by atoms with Crippen LogP contribution in [0.2, 0.25) is 0 Å². The summed E-state index contributed by atoms with van der Waals surface area (Å²) in [7, 11) is 0. The van der Waals surface area contributed by atoms with Crippen molar-refractivity contribution in [3.05, 3.63) is 28.2 Å². The zero-order chi connectivity index (χ0) is 11.0. The van der Waals surface area contributed by atoms with Crippen molar-refractivity contribution in [2.24, 2.45) is 5.92 Å². The molecule has 0 heterocycles. The van der Waals surface area contributed by atoms with E-state index in [0.717, 1.165) is 12.8 Å². The fourth-order valence-electron chi connectivity index (χ4n) is 1.62. The van der Waals surface area contributed by atoms with Gasteiger partial charge in [-0.1, -0.05) is 15.9 Å². The van der Waals surface area contributed by atoms with E-state index in [-0.39, 0.29) is 11.7 Å². The molecule has 1 N–H and O–H groups in total. The molecule has 1 atom stereocenters. The predicted molar refractivity (Wildman–Crippen MR) is 59.9 cm³/mol. The molecule has 1 saturated carbocycles. The van der Waals surface area contributed by atoms with Crippen LogP contribution < -0.4 is 5.32 Å². The molecule has 1 aromatic rings. The summed E-state index contributed by atoms with van der Waals surface area (Å²) in [4.78, 5) is 0. The minimum atomic E-state index is -0.547. The molecule has 1 fully saturated rings. The molecule has 1 nitrogen and oxygen atoms in total. The number of anilines is 1. The average Bonchev–Trinajstić information content (AvgIpc) is 2.93. The molecule has 82 valence electrons. The molecule has 0 aromatic heterocycles. The summed E-state index contributed by atoms with van der Waals surface area (Å²) in [5.74, 6) is -0.531. The van der Waals surface area contributed by atoms with Gasteiger partial charge in [0.15, 0.2) is 0 Å². The van der Waals surface area contributed by atoms with E-state index in [4.69, 9.17) is 0 Å². The fourth-order valence-corrected chi connectivity index (χ4v) is 2.02. The van der Waals surface area contributed by atoms with E-state index in [1.165, 1.54) is 12.1 Å². The van der Waals surface area contributed by atoms with Crippen molar-refractivity contribution in [1.29, 1.82) is 0 Å². The maximum atomic E-state index is 13.4. The summed E-state index contributed by atoms with van der Waals surface area (Å²) < 4.78 is 27.3. The van der Waals surface area contributed by atoms with Crippen LogP contribution in [-0.2, 0) is 0 Å². The Morgan fingerprint density at radius 3 is 2.33 bits per heavy atom. The minimum absolute atomic E-state index is 0.0161. The van der Waals surface area contributed by atoms with Crippen molar-refractivity contribution in [1.82, 2.24) is 0 Å². The first-order valence-electron chi connectivity index (χ1n) is 4.99. The molecule has 1 aromatic carbocycles. The van der Waals surface area contributed by atoms with Crippen LogP contribution in [0, 0.1) is 17.6 Å². The van der Waals surface area contributed by atoms with Crippen molar-refractivity contribution in [3.63, 3.8) is 0 Å². The van der Waals surface area contributed by atoms with Crippen LogP contribution in [0.15, 0.2) is 16.6 Å². The van der Waals surface area contributed by atoms with E-state index in [0.29, 0.717) is 10.4 Å². The molecule has 0 aliphatic heterocycles. The lowest BCUT2D eigenvalue weighted by molar-refractivity contribution is 0.576. The van der Waals surface area contributed by atoms with E-state index >= 15 is 0 Å². The Balaban J connectivity index is 2.19. The Kier molecular flexibility index (Phi) is 2.96. The number of rotatable bonds is 3. The monoisotopic (exact) mass is 275 g/mol. The molecule has 1 unspecified atom stereocenters. The Labute approximate surface area is 96.0 Å². The van der Waals surface area contributed by atoms with Gasteiger partial charge in [0, 0.05) is 10.5 Å². The topological polar surface area (TPSA) is 12.0 Å². The first-order chi connectivity index (χ1) is 7.08. The van der Waals surface area contributed by atoms with Crippen LogP contribution >= 0.6 is 15.9 Å². The Hall–Kier alpha value is -0.640. The van der Waals surface area contributed by atoms with Crippen LogP contribution in [0.4, 0.5) is 14.5 Å². The van der Waals surface area contributed by atoms with Crippen LogP contribution in [0.25, 0.3) is 0 Å². The van der Waals surface area contributed by atoms with Gasteiger partial charge in [-0.3, -0.25) is 0 Å². The van der Waals surface area contributed by atoms with Crippen LogP contribution in [0.1, 0.15) is 19.8 Å². The molecule has 0 spiro atoms. The third-order valence-electron chi connectivity index (χ3n) is 2.71. The summed E-state index contributed by atoms with van der Waals surface area (Å²) in [6.45, 7) is 1.96. The second-order valence-corrected chi connectivity index (χ2v) is 4.93. The summed E-state index contributed by atoms with van der Waals surface area (Å²) in [5, 5.41) is 2.90. The third kappa shape index (κ3) is 2.48. The molecule has 2 rings (SSSR count). The van der Waals surface area contributed by atoms with Crippen LogP contribution in [-0.4, -0.2) is 6.04 Å². The fraction of sp³-hybridized carbons (Fsp3) is 0.455. The van der Waals surface area contributed by atoms with Gasteiger partial charge in [-0.15, -0.1) is 0 Å². The van der Waals surface area contributed by atoms with Gasteiger partial charge in [-0.2, -0.15) is 0 Å². The van der Waals surface area contributed by atoms with E-state index in [1.54, 1.807) is 0 Å². The van der Waals surface area contributed by atoms with Crippen molar-refractivity contribution in [3.8, 4) is 0 Å². The van der Waals surface area contributed by atoms with Crippen molar-refractivity contribution < 1.29 is 8.78 Å². The molecule has 0 bridgehead atoms. The van der Waals surface area contributed by atoms with Gasteiger partial charge in [0.1, 0.15) is 17.3 Å². The van der Waals surface area contributed by atoms with Crippen molar-refractivity contribution in [2.75, 3.05) is 5.32 Å². The molecule has 4 heteroatoms. The Morgan fingerprint density at radius 2 is 1.87 bits per heavy atom. The second kappa shape index (κ2) is 4.08. The quantitative estimate of drug-likeness (QED) is 0.881. The van der Waals surface area contributed by atoms with E-state index < -0.39 is 11.6 Å². The minimum Gasteiger partial charge on any atom is -0.378 e. The first kappa shape index (κ1) is 10.9. The molecule has 15 heavy (non-hydrogen) atoms. The van der Waals surface area contributed by atoms with E-state index in [1.807, 2.05) is 6.92 Å². The van der Waals surface area contributed by atoms with Gasteiger partial charge in [0.25, 0.3) is 0 Å². The predicted octanol–water partition coefficient (Wildman–Crippen LogP) is 3.94. The maximum absolute atomic E-state index is 13.4. The summed E-state index contributed by atoms with van der Waals surface area (Å²) >= 11 is 3.05. The number of hydrogen-bond acceptors (Lipinski definition) is 1. The van der Waals surface area contributed by atoms with Gasteiger partial charge in [0.2, 0.25) is 0 Å². The standard InChI is InChI=1S/C11H12BrF2N/c1-6(7-2-3-7)15-11-9(13)4-8(12)5-10(11)14/h4-7,15H,2-3H2,1H3. The zero-order valence-electron chi connectivity index (χ0n) is 8.36. The molecule has 0 saturated heterocycles. The summed E-state index contributed by atoms with van der Waals surface area (Å²) in [5.41, 5.74) is -0.0161. The first-order valence-corrected chi connectivity index (χ1v) is 5.78. The highest BCUT2D eigenvalue weighted by molar-refractivity contribution is 9.10. The number of hydrogen-bond donors (Lipinski definition) is 1. The Bertz CT molecular complexity index is 354. The van der Waals surface area contributed by atoms with E-state index in [2.05, 4.69) is 21.2 Å². The van der Waals surface area contributed by atoms with Gasteiger partial charge < -0.3 is 5.32 Å². The van der Waals surface area contributed by atoms with Crippen LogP contribution in [0.3, 0.4) is 0 Å². The highest BCUT2D eigenvalue weighted by Gasteiger charge is 2.28. The number of halogens is 3. The number of nitrogens with one attached hydrogen (secondary N) is 1. The number of benzene rings is 1. The Morgan fingerprint density at radius 1 is 1.33 bits per heavy atom. The van der Waals surface area contributed by atoms with E-state index in [9.17, 15) is 8.78 Å². The summed E-state index contributed by atoms with van der Waals surface area (Å²) in [6.07, 6.45) is 2.29. The highest BCUT2D eigenvalue weighted by atomic mass is 79.9. The molecular formula is C11H12BrF2N. The molecule has 1 aliphatic carbocycles. The van der Waals surface area contributed by atoms with Crippen molar-refractivity contribution in [2.45, 2.75) is 25.8 Å². The lowest BCUT2D eigenvalue weighted by Crippen LogP contribution is -2.19. The van der Waals surface area contributed by atoms with Gasteiger partial charge in [0.05, 0.1) is 0 Å². The van der Waals surface area contributed by atoms with Gasteiger partial charge in [-0.25, -0.2) is 8.78 Å². The molecule has 0 radical (unpaired) electrons. The lowest BCUT2D eigenvalue weighted by atomic mass is 10.2. The summed E-state index contributed by atoms with van der Waals surface area (Å²) in [6, 6.07) is 2.67.